The van der Waals surface area contributed by atoms with E-state index in [0.29, 0.717) is 22.5 Å². The zero-order valence-electron chi connectivity index (χ0n) is 22.3. The third-order valence-electron chi connectivity index (χ3n) is 6.11. The Bertz CT molecular complexity index is 1370. The molecular formula is C29H34BrN3O5S. The van der Waals surface area contributed by atoms with Crippen molar-refractivity contribution in [2.45, 2.75) is 32.4 Å². The van der Waals surface area contributed by atoms with Crippen LogP contribution in [0.2, 0.25) is 0 Å². The predicted octanol–water partition coefficient (Wildman–Crippen LogP) is 4.39. The number of benzene rings is 3. The van der Waals surface area contributed by atoms with Gasteiger partial charge in [-0.2, -0.15) is 0 Å². The van der Waals surface area contributed by atoms with E-state index in [1.165, 1.54) is 4.90 Å². The molecule has 0 radical (unpaired) electrons. The summed E-state index contributed by atoms with van der Waals surface area (Å²) in [5, 5.41) is 2.92. The van der Waals surface area contributed by atoms with E-state index < -0.39 is 28.5 Å². The van der Waals surface area contributed by atoms with Gasteiger partial charge in [-0.05, 0) is 57.7 Å². The smallest absolute Gasteiger partial charge is 0.244 e. The molecule has 0 bridgehead atoms. The van der Waals surface area contributed by atoms with E-state index in [0.717, 1.165) is 28.1 Å². The zero-order chi connectivity index (χ0) is 28.4. The minimum Gasteiger partial charge on any atom is -0.497 e. The molecule has 0 aliphatic carbocycles. The molecule has 1 N–H and O–H groups in total. The van der Waals surface area contributed by atoms with Crippen LogP contribution >= 0.6 is 15.9 Å². The van der Waals surface area contributed by atoms with Crippen LogP contribution in [0.1, 0.15) is 24.5 Å². The van der Waals surface area contributed by atoms with Crippen molar-refractivity contribution < 1.29 is 22.7 Å². The third kappa shape index (κ3) is 8.56. The summed E-state index contributed by atoms with van der Waals surface area (Å²) >= 11 is 3.40. The number of ether oxygens (including phenoxy) is 1. The predicted molar refractivity (Wildman–Crippen MR) is 157 cm³/mol. The van der Waals surface area contributed by atoms with Gasteiger partial charge in [0.2, 0.25) is 21.8 Å². The van der Waals surface area contributed by atoms with Gasteiger partial charge in [0.05, 0.1) is 19.1 Å². The fraction of sp³-hybridized carbons (Fsp3) is 0.310. The summed E-state index contributed by atoms with van der Waals surface area (Å²) in [6.45, 7) is 2.02. The number of halogens is 1. The van der Waals surface area contributed by atoms with Gasteiger partial charge in [-0.15, -0.1) is 0 Å². The number of carbonyl (C=O) groups is 2. The highest BCUT2D eigenvalue weighted by molar-refractivity contribution is 9.10. The second-order valence-corrected chi connectivity index (χ2v) is 11.9. The first-order valence-corrected chi connectivity index (χ1v) is 15.2. The van der Waals surface area contributed by atoms with E-state index in [4.69, 9.17) is 4.74 Å². The Labute approximate surface area is 239 Å². The number of para-hydroxylation sites is 1. The van der Waals surface area contributed by atoms with Crippen molar-refractivity contribution in [2.75, 3.05) is 30.8 Å². The lowest BCUT2D eigenvalue weighted by atomic mass is 10.0. The maximum absolute atomic E-state index is 14.0. The van der Waals surface area contributed by atoms with Gasteiger partial charge in [0.15, 0.2) is 0 Å². The number of nitrogens with zero attached hydrogens (tertiary/aromatic N) is 2. The molecule has 0 saturated heterocycles. The number of nitrogens with one attached hydrogen (secondary N) is 1. The lowest BCUT2D eigenvalue weighted by Crippen LogP contribution is -2.53. The quantitative estimate of drug-likeness (QED) is 0.308. The van der Waals surface area contributed by atoms with Gasteiger partial charge in [0.1, 0.15) is 18.3 Å². The number of sulfonamides is 1. The van der Waals surface area contributed by atoms with Crippen LogP contribution in [0.4, 0.5) is 5.69 Å². The van der Waals surface area contributed by atoms with Crippen LogP contribution in [0.15, 0.2) is 83.3 Å². The number of hydrogen-bond donors (Lipinski definition) is 1. The highest BCUT2D eigenvalue weighted by atomic mass is 79.9. The molecule has 208 valence electrons. The molecule has 0 fully saturated rings. The van der Waals surface area contributed by atoms with Gasteiger partial charge in [-0.1, -0.05) is 61.5 Å². The Morgan fingerprint density at radius 3 is 2.28 bits per heavy atom. The van der Waals surface area contributed by atoms with Gasteiger partial charge in [-0.3, -0.25) is 13.9 Å². The molecular weight excluding hydrogens is 582 g/mol. The maximum atomic E-state index is 14.0. The largest absolute Gasteiger partial charge is 0.497 e. The second kappa shape index (κ2) is 14.1. The summed E-state index contributed by atoms with van der Waals surface area (Å²) in [4.78, 5) is 29.0. The molecule has 1 atom stereocenters. The molecule has 3 aromatic rings. The Morgan fingerprint density at radius 2 is 1.64 bits per heavy atom. The number of methoxy groups -OCH3 is 1. The maximum Gasteiger partial charge on any atom is 0.244 e. The number of hydrogen-bond acceptors (Lipinski definition) is 5. The highest BCUT2D eigenvalue weighted by Crippen LogP contribution is 2.28. The van der Waals surface area contributed by atoms with Crippen molar-refractivity contribution in [1.82, 2.24) is 10.2 Å². The SMILES string of the molecule is CCCNC(=O)[C@H](Cc1ccccc1)N(Cc1cccc(OC)c1)C(=O)CN(c1ccccc1Br)S(C)(=O)=O. The molecule has 0 saturated carbocycles. The van der Waals surface area contributed by atoms with E-state index in [-0.39, 0.29) is 18.9 Å². The fourth-order valence-electron chi connectivity index (χ4n) is 4.14. The molecule has 10 heteroatoms. The van der Waals surface area contributed by atoms with Crippen LogP contribution in [0.3, 0.4) is 0 Å². The van der Waals surface area contributed by atoms with Crippen molar-refractivity contribution in [3.05, 3.63) is 94.5 Å². The molecule has 0 heterocycles. The van der Waals surface area contributed by atoms with Gasteiger partial charge in [0, 0.05) is 24.0 Å². The molecule has 8 nitrogen and oxygen atoms in total. The molecule has 0 aliphatic rings. The van der Waals surface area contributed by atoms with Crippen molar-refractivity contribution in [3.8, 4) is 5.75 Å². The van der Waals surface area contributed by atoms with Crippen molar-refractivity contribution in [1.29, 1.82) is 0 Å². The van der Waals surface area contributed by atoms with E-state index >= 15 is 0 Å². The minimum absolute atomic E-state index is 0.0840. The summed E-state index contributed by atoms with van der Waals surface area (Å²) in [6, 6.07) is 22.6. The lowest BCUT2D eigenvalue weighted by Gasteiger charge is -2.33. The molecule has 0 spiro atoms. The third-order valence-corrected chi connectivity index (χ3v) is 7.90. The molecule has 2 amide bonds. The first-order valence-electron chi connectivity index (χ1n) is 12.6. The summed E-state index contributed by atoms with van der Waals surface area (Å²) < 4.78 is 32.7. The number of rotatable bonds is 13. The zero-order valence-corrected chi connectivity index (χ0v) is 24.7. The Morgan fingerprint density at radius 1 is 0.974 bits per heavy atom. The molecule has 3 rings (SSSR count). The minimum atomic E-state index is -3.84. The van der Waals surface area contributed by atoms with Crippen LogP contribution in [-0.2, 0) is 32.6 Å². The van der Waals surface area contributed by atoms with Crippen LogP contribution < -0.4 is 14.4 Å². The summed E-state index contributed by atoms with van der Waals surface area (Å²) in [7, 11) is -2.28. The van der Waals surface area contributed by atoms with Gasteiger partial charge in [0.25, 0.3) is 0 Å². The van der Waals surface area contributed by atoms with Crippen LogP contribution in [0, 0.1) is 0 Å². The monoisotopic (exact) mass is 615 g/mol. The topological polar surface area (TPSA) is 96.0 Å². The Kier molecular flexibility index (Phi) is 10.9. The normalized spacial score (nSPS) is 11.9. The first kappa shape index (κ1) is 30.2. The van der Waals surface area contributed by atoms with Crippen LogP contribution in [0.5, 0.6) is 5.75 Å². The van der Waals surface area contributed by atoms with E-state index in [9.17, 15) is 18.0 Å². The van der Waals surface area contributed by atoms with Gasteiger partial charge >= 0.3 is 0 Å². The van der Waals surface area contributed by atoms with E-state index in [2.05, 4.69) is 21.2 Å². The molecule has 0 aromatic heterocycles. The summed E-state index contributed by atoms with van der Waals surface area (Å²) in [5.41, 5.74) is 1.96. The molecule has 0 unspecified atom stereocenters. The summed E-state index contributed by atoms with van der Waals surface area (Å²) in [5.74, 6) is -0.198. The van der Waals surface area contributed by atoms with Crippen molar-refractivity contribution in [2.24, 2.45) is 0 Å². The summed E-state index contributed by atoms with van der Waals surface area (Å²) in [6.07, 6.45) is 2.05. The van der Waals surface area contributed by atoms with Crippen molar-refractivity contribution in [3.63, 3.8) is 0 Å². The second-order valence-electron chi connectivity index (χ2n) is 9.09. The van der Waals surface area contributed by atoms with E-state index in [1.54, 1.807) is 43.5 Å². The molecule has 3 aromatic carbocycles. The average molecular weight is 617 g/mol. The Hall–Kier alpha value is -3.37. The average Bonchev–Trinajstić information content (AvgIpc) is 2.92. The lowest BCUT2D eigenvalue weighted by molar-refractivity contribution is -0.140. The van der Waals surface area contributed by atoms with Crippen molar-refractivity contribution >= 4 is 43.5 Å². The van der Waals surface area contributed by atoms with Crippen LogP contribution in [-0.4, -0.2) is 57.6 Å². The van der Waals surface area contributed by atoms with Gasteiger partial charge in [-0.25, -0.2) is 8.42 Å². The molecule has 39 heavy (non-hydrogen) atoms. The fourth-order valence-corrected chi connectivity index (χ4v) is 5.61. The number of amides is 2. The number of carbonyl (C=O) groups excluding carboxylic acids is 2. The van der Waals surface area contributed by atoms with Gasteiger partial charge < -0.3 is 15.0 Å². The standard InChI is InChI=1S/C29H34BrN3O5S/c1-4-17-31-29(35)27(19-22-11-6-5-7-12-22)32(20-23-13-10-14-24(18-23)38-2)28(34)21-33(39(3,36)37)26-16-9-8-15-25(26)30/h5-16,18,27H,4,17,19-21H2,1-3H3,(H,31,35)/t27-/m0/s1. The number of anilines is 1. The molecule has 0 aliphatic heterocycles. The highest BCUT2D eigenvalue weighted by Gasteiger charge is 2.33. The Balaban J connectivity index is 2.06. The van der Waals surface area contributed by atoms with Crippen LogP contribution in [0.25, 0.3) is 0 Å². The first-order chi connectivity index (χ1) is 18.6. The van der Waals surface area contributed by atoms with E-state index in [1.807, 2.05) is 49.4 Å².